The van der Waals surface area contributed by atoms with Crippen LogP contribution in [0.4, 0.5) is 17.3 Å². The van der Waals surface area contributed by atoms with Crippen molar-refractivity contribution in [2.45, 2.75) is 13.0 Å². The summed E-state index contributed by atoms with van der Waals surface area (Å²) in [7, 11) is 0. The largest absolute Gasteiger partial charge is 0.371 e. The van der Waals surface area contributed by atoms with Crippen LogP contribution in [-0.2, 0) is 9.53 Å². The van der Waals surface area contributed by atoms with E-state index >= 15 is 0 Å². The number of nitrogens with zero attached hydrogens (tertiary/aromatic N) is 3. The molecule has 0 aliphatic carbocycles. The zero-order valence-corrected chi connectivity index (χ0v) is 19.4. The van der Waals surface area contributed by atoms with Crippen LogP contribution in [0.25, 0.3) is 22.2 Å². The number of anilines is 3. The van der Waals surface area contributed by atoms with Gasteiger partial charge in [-0.1, -0.05) is 30.8 Å². The number of rotatable bonds is 6. The van der Waals surface area contributed by atoms with Gasteiger partial charge in [-0.05, 0) is 48.4 Å². The molecule has 1 atom stereocenters. The van der Waals surface area contributed by atoms with E-state index < -0.39 is 0 Å². The summed E-state index contributed by atoms with van der Waals surface area (Å²) in [6.07, 6.45) is 4.77. The van der Waals surface area contributed by atoms with Crippen molar-refractivity contribution in [3.8, 4) is 11.3 Å². The third-order valence-corrected chi connectivity index (χ3v) is 5.90. The van der Waals surface area contributed by atoms with Gasteiger partial charge in [-0.2, -0.15) is 0 Å². The summed E-state index contributed by atoms with van der Waals surface area (Å²) in [4.78, 5) is 25.6. The van der Waals surface area contributed by atoms with Gasteiger partial charge in [0.2, 0.25) is 11.9 Å². The summed E-state index contributed by atoms with van der Waals surface area (Å²) < 4.78 is 5.83. The number of amides is 1. The number of pyridine rings is 1. The quantitative estimate of drug-likeness (QED) is 0.359. The van der Waals surface area contributed by atoms with Crippen molar-refractivity contribution in [3.63, 3.8) is 0 Å². The van der Waals surface area contributed by atoms with Gasteiger partial charge in [0.1, 0.15) is 0 Å². The molecule has 5 rings (SSSR count). The second-order valence-electron chi connectivity index (χ2n) is 8.32. The molecular formula is C27H26N6O2. The van der Waals surface area contributed by atoms with E-state index in [9.17, 15) is 4.79 Å². The summed E-state index contributed by atoms with van der Waals surface area (Å²) >= 11 is 0. The molecule has 0 spiro atoms. The molecule has 8 heteroatoms. The summed E-state index contributed by atoms with van der Waals surface area (Å²) in [5.41, 5.74) is 6.06. The zero-order chi connectivity index (χ0) is 24.2. The first-order valence-corrected chi connectivity index (χ1v) is 11.5. The number of fused-ring (bicyclic) bond motifs is 1. The second-order valence-corrected chi connectivity index (χ2v) is 8.32. The third kappa shape index (κ3) is 5.03. The molecule has 1 unspecified atom stereocenters. The smallest absolute Gasteiger partial charge is 0.247 e. The molecule has 1 amide bonds. The van der Waals surface area contributed by atoms with Crippen LogP contribution in [0.15, 0.2) is 73.6 Å². The monoisotopic (exact) mass is 466 g/mol. The number of hydrogen-bond donors (Lipinski definition) is 3. The first-order valence-electron chi connectivity index (χ1n) is 11.5. The normalized spacial score (nSPS) is 15.5. The first kappa shape index (κ1) is 22.6. The van der Waals surface area contributed by atoms with Gasteiger partial charge in [-0.15, -0.1) is 0 Å². The topological polar surface area (TPSA) is 101 Å². The summed E-state index contributed by atoms with van der Waals surface area (Å²) in [6.45, 7) is 7.94. The number of nitrogens with one attached hydrogen (secondary N) is 3. The molecular weight excluding hydrogens is 440 g/mol. The van der Waals surface area contributed by atoms with Gasteiger partial charge in [0.25, 0.3) is 0 Å². The van der Waals surface area contributed by atoms with Crippen LogP contribution in [0, 0.1) is 6.92 Å². The van der Waals surface area contributed by atoms with Crippen molar-refractivity contribution in [1.29, 1.82) is 0 Å². The van der Waals surface area contributed by atoms with E-state index in [0.29, 0.717) is 17.3 Å². The minimum atomic E-state index is -0.275. The number of morpholine rings is 1. The van der Waals surface area contributed by atoms with Crippen LogP contribution in [0.2, 0.25) is 0 Å². The minimum absolute atomic E-state index is 0.0692. The van der Waals surface area contributed by atoms with Gasteiger partial charge >= 0.3 is 0 Å². The highest BCUT2D eigenvalue weighted by atomic mass is 16.5. The van der Waals surface area contributed by atoms with Crippen molar-refractivity contribution in [2.24, 2.45) is 0 Å². The van der Waals surface area contributed by atoms with Crippen molar-refractivity contribution < 1.29 is 9.53 Å². The third-order valence-electron chi connectivity index (χ3n) is 5.90. The lowest BCUT2D eigenvalue weighted by molar-refractivity contribution is -0.111. The molecule has 176 valence electrons. The van der Waals surface area contributed by atoms with E-state index in [0.717, 1.165) is 53.0 Å². The highest BCUT2D eigenvalue weighted by molar-refractivity contribution is 6.00. The molecule has 8 nitrogen and oxygen atoms in total. The number of carbonyl (C=O) groups is 1. The Labute approximate surface area is 203 Å². The Kier molecular flexibility index (Phi) is 6.47. The van der Waals surface area contributed by atoms with Crippen LogP contribution in [0.5, 0.6) is 0 Å². The van der Waals surface area contributed by atoms with Crippen LogP contribution >= 0.6 is 0 Å². The van der Waals surface area contributed by atoms with E-state index in [4.69, 9.17) is 9.72 Å². The van der Waals surface area contributed by atoms with E-state index in [1.165, 1.54) is 6.08 Å². The Morgan fingerprint density at radius 3 is 2.77 bits per heavy atom. The lowest BCUT2D eigenvalue weighted by Gasteiger charge is -2.24. The Bertz CT molecular complexity index is 1380. The average Bonchev–Trinajstić information content (AvgIpc) is 2.89. The van der Waals surface area contributed by atoms with Gasteiger partial charge in [0, 0.05) is 47.8 Å². The lowest BCUT2D eigenvalue weighted by atomic mass is 10.0. The van der Waals surface area contributed by atoms with Gasteiger partial charge in [-0.3, -0.25) is 9.78 Å². The highest BCUT2D eigenvalue weighted by Gasteiger charge is 2.16. The molecule has 0 radical (unpaired) electrons. The maximum atomic E-state index is 11.7. The van der Waals surface area contributed by atoms with Crippen molar-refractivity contribution in [2.75, 3.05) is 30.3 Å². The molecule has 2 aromatic heterocycles. The molecule has 0 bridgehead atoms. The molecule has 2 aromatic carbocycles. The SMILES string of the molecule is C=CC(=O)Nc1ccnc(-c2c(C)ccc3cnc(Nc4ccc(C5CNCCO5)cc4)nc23)c1. The molecule has 3 heterocycles. The molecule has 1 aliphatic rings. The minimum Gasteiger partial charge on any atom is -0.371 e. The van der Waals surface area contributed by atoms with Crippen LogP contribution < -0.4 is 16.0 Å². The van der Waals surface area contributed by atoms with Gasteiger partial charge < -0.3 is 20.7 Å². The lowest BCUT2D eigenvalue weighted by Crippen LogP contribution is -2.33. The van der Waals surface area contributed by atoms with Gasteiger partial charge in [0.05, 0.1) is 23.9 Å². The number of hydrogen-bond acceptors (Lipinski definition) is 7. The average molecular weight is 467 g/mol. The molecule has 1 aliphatic heterocycles. The van der Waals surface area contributed by atoms with Crippen molar-refractivity contribution in [1.82, 2.24) is 20.3 Å². The number of carbonyl (C=O) groups excluding carboxylic acids is 1. The Morgan fingerprint density at radius 2 is 2.00 bits per heavy atom. The molecule has 35 heavy (non-hydrogen) atoms. The second kappa shape index (κ2) is 10.0. The van der Waals surface area contributed by atoms with Crippen molar-refractivity contribution >= 4 is 34.1 Å². The number of benzene rings is 2. The van der Waals surface area contributed by atoms with Crippen LogP contribution in [-0.4, -0.2) is 40.6 Å². The standard InChI is InChI=1S/C27H26N6O2/c1-3-24(34)31-21-10-11-29-22(14-21)25-17(2)4-5-19-15-30-27(33-26(19)25)32-20-8-6-18(7-9-20)23-16-28-12-13-35-23/h3-11,14-15,23,28H,1,12-13,16H2,2H3,(H,29,31,34)(H,30,32,33). The maximum absolute atomic E-state index is 11.7. The predicted octanol–water partition coefficient (Wildman–Crippen LogP) is 4.53. The van der Waals surface area contributed by atoms with Gasteiger partial charge in [0.15, 0.2) is 0 Å². The summed E-state index contributed by atoms with van der Waals surface area (Å²) in [5, 5.41) is 10.3. The molecule has 1 saturated heterocycles. The Hall–Kier alpha value is -4.14. The van der Waals surface area contributed by atoms with Gasteiger partial charge in [-0.25, -0.2) is 9.97 Å². The fourth-order valence-electron chi connectivity index (χ4n) is 4.11. The first-order chi connectivity index (χ1) is 17.1. The fraction of sp³-hybridized carbons (Fsp3) is 0.185. The summed E-state index contributed by atoms with van der Waals surface area (Å²) in [5.74, 6) is 0.215. The van der Waals surface area contributed by atoms with E-state index in [2.05, 4.69) is 44.6 Å². The van der Waals surface area contributed by atoms with E-state index in [1.807, 2.05) is 37.3 Å². The highest BCUT2D eigenvalue weighted by Crippen LogP contribution is 2.31. The molecule has 3 N–H and O–H groups in total. The molecule has 4 aromatic rings. The summed E-state index contributed by atoms with van der Waals surface area (Å²) in [6, 6.07) is 15.7. The van der Waals surface area contributed by atoms with E-state index in [1.54, 1.807) is 18.5 Å². The number of aromatic nitrogens is 3. The zero-order valence-electron chi connectivity index (χ0n) is 19.4. The Balaban J connectivity index is 1.45. The van der Waals surface area contributed by atoms with E-state index in [-0.39, 0.29) is 12.0 Å². The number of ether oxygens (including phenoxy) is 1. The number of aryl methyl sites for hydroxylation is 1. The van der Waals surface area contributed by atoms with Crippen molar-refractivity contribution in [3.05, 3.63) is 84.7 Å². The Morgan fingerprint density at radius 1 is 1.14 bits per heavy atom. The molecule has 1 fully saturated rings. The van der Waals surface area contributed by atoms with Crippen LogP contribution in [0.1, 0.15) is 17.2 Å². The predicted molar refractivity (Wildman–Crippen MR) is 138 cm³/mol. The van der Waals surface area contributed by atoms with Crippen LogP contribution in [0.3, 0.4) is 0 Å². The fourth-order valence-corrected chi connectivity index (χ4v) is 4.11. The maximum Gasteiger partial charge on any atom is 0.247 e. The molecule has 0 saturated carbocycles.